The Kier molecular flexibility index (Phi) is 4.33. The lowest BCUT2D eigenvalue weighted by atomic mass is 10.1. The summed E-state index contributed by atoms with van der Waals surface area (Å²) < 4.78 is 3.62. The summed E-state index contributed by atoms with van der Waals surface area (Å²) in [6.45, 7) is 2.80. The van der Waals surface area contributed by atoms with Crippen LogP contribution < -0.4 is 5.32 Å². The first-order chi connectivity index (χ1) is 14.2. The van der Waals surface area contributed by atoms with E-state index in [2.05, 4.69) is 44.7 Å². The Labute approximate surface area is 167 Å². The zero-order valence-corrected chi connectivity index (χ0v) is 16.1. The number of hydrogen-bond donors (Lipinski definition) is 1. The molecule has 0 radical (unpaired) electrons. The molecule has 0 unspecified atom stereocenters. The van der Waals surface area contributed by atoms with Crippen LogP contribution in [0.1, 0.15) is 5.56 Å². The number of piperazine rings is 1. The Morgan fingerprint density at radius 1 is 1.07 bits per heavy atom. The first kappa shape index (κ1) is 17.6. The van der Waals surface area contributed by atoms with E-state index in [4.69, 9.17) is 4.98 Å². The monoisotopic (exact) mass is 387 g/mol. The molecule has 1 saturated heterocycles. The highest BCUT2D eigenvalue weighted by atomic mass is 16.2. The van der Waals surface area contributed by atoms with Crippen molar-refractivity contribution in [3.63, 3.8) is 0 Å². The van der Waals surface area contributed by atoms with Crippen LogP contribution in [0.25, 0.3) is 28.0 Å². The highest BCUT2D eigenvalue weighted by Gasteiger charge is 2.16. The SMILES string of the molecule is Cn1cc(-c2cn3nccc3c(-c3ccc(CN4CCNC(=O)C4)cc3)n2)cn1. The van der Waals surface area contributed by atoms with E-state index in [1.807, 2.05) is 30.0 Å². The van der Waals surface area contributed by atoms with Crippen molar-refractivity contribution in [2.24, 2.45) is 7.05 Å². The fourth-order valence-electron chi connectivity index (χ4n) is 3.68. The lowest BCUT2D eigenvalue weighted by Crippen LogP contribution is -2.47. The Morgan fingerprint density at radius 2 is 1.93 bits per heavy atom. The van der Waals surface area contributed by atoms with Crippen molar-refractivity contribution in [1.29, 1.82) is 0 Å². The Bertz CT molecular complexity index is 1180. The summed E-state index contributed by atoms with van der Waals surface area (Å²) in [5.41, 5.74) is 5.82. The minimum absolute atomic E-state index is 0.0902. The minimum atomic E-state index is 0.0902. The van der Waals surface area contributed by atoms with Crippen LogP contribution in [0.5, 0.6) is 0 Å². The fraction of sp³-hybridized carbons (Fsp3) is 0.238. The van der Waals surface area contributed by atoms with E-state index in [9.17, 15) is 4.79 Å². The summed E-state index contributed by atoms with van der Waals surface area (Å²) in [5.74, 6) is 0.0902. The molecule has 8 heteroatoms. The maximum Gasteiger partial charge on any atom is 0.234 e. The zero-order chi connectivity index (χ0) is 19.8. The molecule has 1 N–H and O–H groups in total. The van der Waals surface area contributed by atoms with Crippen molar-refractivity contribution in [3.05, 3.63) is 60.7 Å². The predicted octanol–water partition coefficient (Wildman–Crippen LogP) is 1.73. The van der Waals surface area contributed by atoms with Gasteiger partial charge in [-0.2, -0.15) is 10.2 Å². The van der Waals surface area contributed by atoms with Crippen molar-refractivity contribution in [2.75, 3.05) is 19.6 Å². The van der Waals surface area contributed by atoms with Crippen LogP contribution in [-0.2, 0) is 18.4 Å². The van der Waals surface area contributed by atoms with Gasteiger partial charge in [0.05, 0.1) is 42.0 Å². The summed E-state index contributed by atoms with van der Waals surface area (Å²) in [5, 5.41) is 11.5. The summed E-state index contributed by atoms with van der Waals surface area (Å²) in [6.07, 6.45) is 7.45. The Balaban J connectivity index is 1.47. The van der Waals surface area contributed by atoms with Crippen molar-refractivity contribution in [3.8, 4) is 22.5 Å². The second-order valence-corrected chi connectivity index (χ2v) is 7.30. The molecule has 1 amide bonds. The number of aromatic nitrogens is 5. The molecular weight excluding hydrogens is 366 g/mol. The van der Waals surface area contributed by atoms with Gasteiger partial charge in [0.25, 0.3) is 0 Å². The average Bonchev–Trinajstić information content (AvgIpc) is 3.37. The molecule has 1 fully saturated rings. The van der Waals surface area contributed by atoms with Gasteiger partial charge in [-0.15, -0.1) is 0 Å². The molecule has 0 saturated carbocycles. The number of rotatable bonds is 4. The van der Waals surface area contributed by atoms with Gasteiger partial charge in [-0.3, -0.25) is 14.4 Å². The third kappa shape index (κ3) is 3.50. The van der Waals surface area contributed by atoms with Gasteiger partial charge in [-0.1, -0.05) is 24.3 Å². The molecule has 1 aliphatic rings. The molecule has 146 valence electrons. The van der Waals surface area contributed by atoms with Crippen LogP contribution in [0.2, 0.25) is 0 Å². The highest BCUT2D eigenvalue weighted by molar-refractivity contribution is 5.79. The molecule has 5 rings (SSSR count). The number of nitrogens with zero attached hydrogens (tertiary/aromatic N) is 6. The van der Waals surface area contributed by atoms with E-state index in [1.54, 1.807) is 17.1 Å². The fourth-order valence-corrected chi connectivity index (χ4v) is 3.68. The number of benzene rings is 1. The lowest BCUT2D eigenvalue weighted by molar-refractivity contribution is -0.124. The number of fused-ring (bicyclic) bond motifs is 1. The number of hydrogen-bond acceptors (Lipinski definition) is 5. The molecular formula is C21H21N7O. The van der Waals surface area contributed by atoms with Crippen molar-refractivity contribution >= 4 is 11.4 Å². The number of aryl methyl sites for hydroxylation is 1. The van der Waals surface area contributed by atoms with Gasteiger partial charge in [0.1, 0.15) is 0 Å². The zero-order valence-electron chi connectivity index (χ0n) is 16.1. The standard InChI is InChI=1S/C21H21N7O/c1-26-12-17(10-24-26)18-13-28-19(6-7-23-28)21(25-18)16-4-2-15(3-5-16)11-27-9-8-22-20(29)14-27/h2-7,10,12-13H,8-9,11,14H2,1H3,(H,22,29). The molecule has 0 bridgehead atoms. The molecule has 8 nitrogen and oxygen atoms in total. The van der Waals surface area contributed by atoms with E-state index in [-0.39, 0.29) is 5.91 Å². The van der Waals surface area contributed by atoms with E-state index >= 15 is 0 Å². The summed E-state index contributed by atoms with van der Waals surface area (Å²) in [6, 6.07) is 10.3. The third-order valence-corrected chi connectivity index (χ3v) is 5.14. The van der Waals surface area contributed by atoms with E-state index in [1.165, 1.54) is 5.56 Å². The van der Waals surface area contributed by atoms with E-state index in [0.717, 1.165) is 41.1 Å². The van der Waals surface area contributed by atoms with Crippen LogP contribution in [0, 0.1) is 0 Å². The minimum Gasteiger partial charge on any atom is -0.354 e. The van der Waals surface area contributed by atoms with Gasteiger partial charge < -0.3 is 5.32 Å². The summed E-state index contributed by atoms with van der Waals surface area (Å²) in [7, 11) is 1.89. The molecule has 4 heterocycles. The van der Waals surface area contributed by atoms with Crippen molar-refractivity contribution in [2.45, 2.75) is 6.54 Å². The van der Waals surface area contributed by atoms with Crippen molar-refractivity contribution in [1.82, 2.24) is 34.6 Å². The van der Waals surface area contributed by atoms with Gasteiger partial charge in [0.2, 0.25) is 5.91 Å². The summed E-state index contributed by atoms with van der Waals surface area (Å²) in [4.78, 5) is 18.6. The van der Waals surface area contributed by atoms with Gasteiger partial charge in [0, 0.05) is 44.0 Å². The van der Waals surface area contributed by atoms with Gasteiger partial charge >= 0.3 is 0 Å². The first-order valence-corrected chi connectivity index (χ1v) is 9.57. The average molecular weight is 387 g/mol. The molecule has 0 aliphatic carbocycles. The smallest absolute Gasteiger partial charge is 0.234 e. The number of amides is 1. The topological polar surface area (TPSA) is 80.4 Å². The Hall–Kier alpha value is -3.52. The van der Waals surface area contributed by atoms with Crippen LogP contribution >= 0.6 is 0 Å². The van der Waals surface area contributed by atoms with Crippen molar-refractivity contribution < 1.29 is 4.79 Å². The molecule has 1 aliphatic heterocycles. The molecule has 0 spiro atoms. The van der Waals surface area contributed by atoms with E-state index in [0.29, 0.717) is 13.1 Å². The van der Waals surface area contributed by atoms with Gasteiger partial charge in [-0.05, 0) is 11.6 Å². The van der Waals surface area contributed by atoms with Crippen LogP contribution in [0.15, 0.2) is 55.1 Å². The second-order valence-electron chi connectivity index (χ2n) is 7.30. The number of nitrogens with one attached hydrogen (secondary N) is 1. The van der Waals surface area contributed by atoms with Gasteiger partial charge in [-0.25, -0.2) is 9.50 Å². The lowest BCUT2D eigenvalue weighted by Gasteiger charge is -2.26. The molecule has 3 aromatic heterocycles. The van der Waals surface area contributed by atoms with Crippen LogP contribution in [-0.4, -0.2) is 54.8 Å². The Morgan fingerprint density at radius 3 is 2.69 bits per heavy atom. The normalized spacial score (nSPS) is 15.0. The number of carbonyl (C=O) groups excluding carboxylic acids is 1. The largest absolute Gasteiger partial charge is 0.354 e. The van der Waals surface area contributed by atoms with Crippen LogP contribution in [0.4, 0.5) is 0 Å². The third-order valence-electron chi connectivity index (χ3n) is 5.14. The molecule has 0 atom stereocenters. The maximum absolute atomic E-state index is 11.6. The maximum atomic E-state index is 11.6. The predicted molar refractivity (Wildman–Crippen MR) is 109 cm³/mol. The molecule has 1 aromatic carbocycles. The first-order valence-electron chi connectivity index (χ1n) is 9.57. The van der Waals surface area contributed by atoms with Gasteiger partial charge in [0.15, 0.2) is 0 Å². The second kappa shape index (κ2) is 7.14. The van der Waals surface area contributed by atoms with E-state index < -0.39 is 0 Å². The summed E-state index contributed by atoms with van der Waals surface area (Å²) >= 11 is 0. The number of carbonyl (C=O) groups is 1. The quantitative estimate of drug-likeness (QED) is 0.577. The molecule has 4 aromatic rings. The van der Waals surface area contributed by atoms with Crippen LogP contribution in [0.3, 0.4) is 0 Å². The molecule has 29 heavy (non-hydrogen) atoms. The highest BCUT2D eigenvalue weighted by Crippen LogP contribution is 2.27.